The number of hydrogen-bond donors (Lipinski definition) is 1. The third-order valence-corrected chi connectivity index (χ3v) is 3.94. The van der Waals surface area contributed by atoms with Gasteiger partial charge >= 0.3 is 5.97 Å². The van der Waals surface area contributed by atoms with E-state index in [9.17, 15) is 9.59 Å². The van der Waals surface area contributed by atoms with Crippen LogP contribution in [0.5, 0.6) is 0 Å². The number of ether oxygens (including phenoxy) is 1. The minimum absolute atomic E-state index is 0.209. The fourth-order valence-electron chi connectivity index (χ4n) is 1.78. The van der Waals surface area contributed by atoms with Crippen LogP contribution < -0.4 is 5.56 Å². The highest BCUT2D eigenvalue weighted by Gasteiger charge is 2.17. The largest absolute Gasteiger partial charge is 0.460 e. The van der Waals surface area contributed by atoms with Crippen molar-refractivity contribution in [3.05, 3.63) is 58.0 Å². The summed E-state index contributed by atoms with van der Waals surface area (Å²) >= 11 is 1.19. The maximum absolute atomic E-state index is 12.0. The molecule has 1 unspecified atom stereocenters. The van der Waals surface area contributed by atoms with Crippen LogP contribution in [0.1, 0.15) is 25.1 Å². The Kier molecular flexibility index (Phi) is 5.77. The number of rotatable bonds is 6. The van der Waals surface area contributed by atoms with Gasteiger partial charge in [0.1, 0.15) is 11.9 Å². The molecule has 5 nitrogen and oxygen atoms in total. The summed E-state index contributed by atoms with van der Waals surface area (Å²) in [5.74, 6) is -0.335. The molecule has 1 atom stereocenters. The van der Waals surface area contributed by atoms with Gasteiger partial charge in [-0.15, -0.1) is 0 Å². The molecule has 0 aliphatic carbocycles. The Morgan fingerprint density at radius 2 is 2.09 bits per heavy atom. The Hall–Kier alpha value is -2.08. The lowest BCUT2D eigenvalue weighted by Crippen LogP contribution is -2.18. The number of carbonyl (C=O) groups is 1. The molecule has 1 aromatic heterocycles. The molecule has 0 saturated heterocycles. The standard InChI is InChI=1S/C16H18N2O3S/c1-3-13-9-14(19)18-16(17-13)22-11(2)15(20)21-10-12-7-5-4-6-8-12/h4-9,11H,3,10H2,1-2H3,(H,17,18,19). The van der Waals surface area contributed by atoms with E-state index in [1.807, 2.05) is 37.3 Å². The molecule has 0 spiro atoms. The van der Waals surface area contributed by atoms with Crippen LogP contribution in [0.15, 0.2) is 46.3 Å². The summed E-state index contributed by atoms with van der Waals surface area (Å²) in [4.78, 5) is 30.4. The molecular formula is C16H18N2O3S. The summed E-state index contributed by atoms with van der Waals surface area (Å²) in [5.41, 5.74) is 1.43. The fraction of sp³-hybridized carbons (Fsp3) is 0.312. The van der Waals surface area contributed by atoms with Crippen LogP contribution in [0.25, 0.3) is 0 Å². The number of H-pyrrole nitrogens is 1. The van der Waals surface area contributed by atoms with E-state index in [1.54, 1.807) is 6.92 Å². The van der Waals surface area contributed by atoms with Crippen molar-refractivity contribution >= 4 is 17.7 Å². The molecule has 0 aliphatic heterocycles. The molecule has 0 saturated carbocycles. The number of aryl methyl sites for hydroxylation is 1. The first kappa shape index (κ1) is 16.3. The number of esters is 1. The van der Waals surface area contributed by atoms with Gasteiger partial charge in [-0.25, -0.2) is 4.98 Å². The summed E-state index contributed by atoms with van der Waals surface area (Å²) in [6.07, 6.45) is 0.671. The normalized spacial score (nSPS) is 11.9. The molecule has 0 fully saturated rings. The van der Waals surface area contributed by atoms with Crippen molar-refractivity contribution in [2.24, 2.45) is 0 Å². The second-order valence-corrected chi connectivity index (χ2v) is 6.08. The van der Waals surface area contributed by atoms with Crippen LogP contribution in [0.4, 0.5) is 0 Å². The van der Waals surface area contributed by atoms with Crippen molar-refractivity contribution in [3.63, 3.8) is 0 Å². The highest BCUT2D eigenvalue weighted by atomic mass is 32.2. The summed E-state index contributed by atoms with van der Waals surface area (Å²) in [6, 6.07) is 11.0. The van der Waals surface area contributed by atoms with E-state index in [1.165, 1.54) is 17.8 Å². The van der Waals surface area contributed by atoms with Crippen molar-refractivity contribution in [2.45, 2.75) is 37.3 Å². The van der Waals surface area contributed by atoms with Gasteiger partial charge in [0.25, 0.3) is 5.56 Å². The highest BCUT2D eigenvalue weighted by molar-refractivity contribution is 8.00. The van der Waals surface area contributed by atoms with Crippen molar-refractivity contribution < 1.29 is 9.53 Å². The van der Waals surface area contributed by atoms with Crippen molar-refractivity contribution in [1.82, 2.24) is 9.97 Å². The lowest BCUT2D eigenvalue weighted by Gasteiger charge is -2.11. The second-order valence-electron chi connectivity index (χ2n) is 4.75. The van der Waals surface area contributed by atoms with Crippen molar-refractivity contribution in [3.8, 4) is 0 Å². The topological polar surface area (TPSA) is 72.0 Å². The zero-order valence-corrected chi connectivity index (χ0v) is 13.4. The number of aromatic nitrogens is 2. The molecular weight excluding hydrogens is 300 g/mol. The summed E-state index contributed by atoms with van der Waals surface area (Å²) in [7, 11) is 0. The molecule has 0 aliphatic rings. The highest BCUT2D eigenvalue weighted by Crippen LogP contribution is 2.20. The van der Waals surface area contributed by atoms with Gasteiger partial charge in [-0.3, -0.25) is 9.59 Å². The Bertz CT molecular complexity index is 685. The summed E-state index contributed by atoms with van der Waals surface area (Å²) in [5, 5.41) is -0.00696. The quantitative estimate of drug-likeness (QED) is 0.503. The second kappa shape index (κ2) is 7.79. The molecule has 1 aromatic carbocycles. The van der Waals surface area contributed by atoms with Gasteiger partial charge in [0.15, 0.2) is 5.16 Å². The first-order valence-electron chi connectivity index (χ1n) is 7.06. The Morgan fingerprint density at radius 1 is 1.36 bits per heavy atom. The average Bonchev–Trinajstić information content (AvgIpc) is 2.52. The predicted molar refractivity (Wildman–Crippen MR) is 85.8 cm³/mol. The van der Waals surface area contributed by atoms with E-state index >= 15 is 0 Å². The first-order valence-corrected chi connectivity index (χ1v) is 7.94. The monoisotopic (exact) mass is 318 g/mol. The number of benzene rings is 1. The molecule has 22 heavy (non-hydrogen) atoms. The van der Waals surface area contributed by atoms with Gasteiger partial charge in [0, 0.05) is 11.8 Å². The summed E-state index contributed by atoms with van der Waals surface area (Å²) in [6.45, 7) is 3.90. The van der Waals surface area contributed by atoms with Crippen LogP contribution in [0, 0.1) is 0 Å². The van der Waals surface area contributed by atoms with Crippen LogP contribution in [-0.2, 0) is 22.6 Å². The molecule has 1 N–H and O–H groups in total. The molecule has 6 heteroatoms. The smallest absolute Gasteiger partial charge is 0.319 e. The molecule has 2 rings (SSSR count). The van der Waals surface area contributed by atoms with E-state index in [2.05, 4.69) is 9.97 Å². The lowest BCUT2D eigenvalue weighted by atomic mass is 10.2. The third kappa shape index (κ3) is 4.73. The van der Waals surface area contributed by atoms with E-state index in [-0.39, 0.29) is 18.1 Å². The van der Waals surface area contributed by atoms with Gasteiger partial charge in [-0.2, -0.15) is 0 Å². The number of aromatic amines is 1. The van der Waals surface area contributed by atoms with Gasteiger partial charge in [0.2, 0.25) is 0 Å². The lowest BCUT2D eigenvalue weighted by molar-refractivity contribution is -0.143. The third-order valence-electron chi connectivity index (χ3n) is 2.98. The Labute approximate surface area is 133 Å². The zero-order valence-electron chi connectivity index (χ0n) is 12.5. The van der Waals surface area contributed by atoms with E-state index < -0.39 is 5.25 Å². The Balaban J connectivity index is 1.94. The molecule has 0 radical (unpaired) electrons. The van der Waals surface area contributed by atoms with Gasteiger partial charge in [-0.1, -0.05) is 49.0 Å². The molecule has 116 valence electrons. The fourth-order valence-corrected chi connectivity index (χ4v) is 2.61. The molecule has 0 amide bonds. The minimum atomic E-state index is -0.445. The first-order chi connectivity index (χ1) is 10.6. The number of nitrogens with zero attached hydrogens (tertiary/aromatic N) is 1. The Morgan fingerprint density at radius 3 is 2.77 bits per heavy atom. The van der Waals surface area contributed by atoms with Crippen LogP contribution in [0.2, 0.25) is 0 Å². The maximum Gasteiger partial charge on any atom is 0.319 e. The number of hydrogen-bond acceptors (Lipinski definition) is 5. The average molecular weight is 318 g/mol. The zero-order chi connectivity index (χ0) is 15.9. The van der Waals surface area contributed by atoms with Gasteiger partial charge in [-0.05, 0) is 18.9 Å². The van der Waals surface area contributed by atoms with Crippen LogP contribution >= 0.6 is 11.8 Å². The maximum atomic E-state index is 12.0. The number of thioether (sulfide) groups is 1. The van der Waals surface area contributed by atoms with Crippen molar-refractivity contribution in [2.75, 3.05) is 0 Å². The van der Waals surface area contributed by atoms with Gasteiger partial charge < -0.3 is 9.72 Å². The number of nitrogens with one attached hydrogen (secondary N) is 1. The van der Waals surface area contributed by atoms with Gasteiger partial charge in [0.05, 0.1) is 0 Å². The summed E-state index contributed by atoms with van der Waals surface area (Å²) < 4.78 is 5.27. The number of carbonyl (C=O) groups excluding carboxylic acids is 1. The molecule has 2 aromatic rings. The van der Waals surface area contributed by atoms with E-state index in [0.717, 1.165) is 5.56 Å². The van der Waals surface area contributed by atoms with Crippen LogP contribution in [0.3, 0.4) is 0 Å². The molecule has 1 heterocycles. The van der Waals surface area contributed by atoms with E-state index in [0.29, 0.717) is 17.3 Å². The predicted octanol–water partition coefficient (Wildman–Crippen LogP) is 2.56. The van der Waals surface area contributed by atoms with E-state index in [4.69, 9.17) is 4.74 Å². The van der Waals surface area contributed by atoms with Crippen LogP contribution in [-0.4, -0.2) is 21.2 Å². The SMILES string of the molecule is CCc1cc(=O)[nH]c(SC(C)C(=O)OCc2ccccc2)n1. The van der Waals surface area contributed by atoms with Crippen molar-refractivity contribution in [1.29, 1.82) is 0 Å². The minimum Gasteiger partial charge on any atom is -0.460 e. The molecule has 0 bridgehead atoms.